The highest BCUT2D eigenvalue weighted by Gasteiger charge is 2.42. The number of hydrogen-bond donors (Lipinski definition) is 1. The van der Waals surface area contributed by atoms with E-state index in [-0.39, 0.29) is 0 Å². The molecule has 0 fully saturated rings. The molecule has 0 rings (SSSR count). The van der Waals surface area contributed by atoms with Gasteiger partial charge in [-0.2, -0.15) is 0 Å². The maximum Gasteiger partial charge on any atom is 0.0648 e. The molecule has 2 heteroatoms. The first-order chi connectivity index (χ1) is 8.26. The van der Waals surface area contributed by atoms with E-state index < -0.39 is 7.26 Å². The van der Waals surface area contributed by atoms with E-state index in [4.69, 9.17) is 0 Å². The molecular formula is C16H35NP+. The normalized spacial score (nSPS) is 14.4. The summed E-state index contributed by atoms with van der Waals surface area (Å²) in [6.07, 6.45) is 6.44. The van der Waals surface area contributed by atoms with Crippen molar-refractivity contribution >= 4 is 7.26 Å². The van der Waals surface area contributed by atoms with E-state index in [0.29, 0.717) is 11.3 Å². The fourth-order valence-electron chi connectivity index (χ4n) is 3.33. The lowest BCUT2D eigenvalue weighted by molar-refractivity contribution is 0.186. The molecule has 1 nitrogen and oxygen atoms in total. The van der Waals surface area contributed by atoms with Gasteiger partial charge in [-0.15, -0.1) is 0 Å². The third-order valence-corrected chi connectivity index (χ3v) is 5.83. The summed E-state index contributed by atoms with van der Waals surface area (Å²) in [7, 11) is 1.25. The van der Waals surface area contributed by atoms with Gasteiger partial charge in [0.2, 0.25) is 0 Å². The lowest BCUT2D eigenvalue weighted by Gasteiger charge is -2.42. The minimum atomic E-state index is -0.767. The molecule has 1 unspecified atom stereocenters. The number of allylic oxidation sites excluding steroid dienone is 1. The van der Waals surface area contributed by atoms with Crippen LogP contribution in [-0.4, -0.2) is 33.2 Å². The van der Waals surface area contributed by atoms with Crippen molar-refractivity contribution in [3.63, 3.8) is 0 Å². The highest BCUT2D eigenvalue weighted by atomic mass is 31.2. The lowest BCUT2D eigenvalue weighted by Crippen LogP contribution is -2.37. The molecule has 1 N–H and O–H groups in total. The molecule has 0 aliphatic heterocycles. The van der Waals surface area contributed by atoms with Crippen LogP contribution in [0.2, 0.25) is 0 Å². The summed E-state index contributed by atoms with van der Waals surface area (Å²) in [5.41, 5.74) is 1.69. The van der Waals surface area contributed by atoms with E-state index >= 15 is 0 Å². The Balaban J connectivity index is 5.29. The lowest BCUT2D eigenvalue weighted by atomic mass is 9.69. The van der Waals surface area contributed by atoms with Crippen molar-refractivity contribution in [3.05, 3.63) is 12.3 Å². The third-order valence-electron chi connectivity index (χ3n) is 4.26. The van der Waals surface area contributed by atoms with Crippen LogP contribution in [0.15, 0.2) is 12.3 Å². The molecule has 18 heavy (non-hydrogen) atoms. The van der Waals surface area contributed by atoms with Crippen molar-refractivity contribution < 1.29 is 0 Å². The Morgan fingerprint density at radius 3 is 1.94 bits per heavy atom. The van der Waals surface area contributed by atoms with Gasteiger partial charge < -0.3 is 5.32 Å². The minimum absolute atomic E-state index is 0.447. The molecule has 0 saturated carbocycles. The van der Waals surface area contributed by atoms with Crippen LogP contribution in [0.1, 0.15) is 46.5 Å². The summed E-state index contributed by atoms with van der Waals surface area (Å²) in [4.78, 5) is 0. The predicted octanol–water partition coefficient (Wildman–Crippen LogP) is 4.85. The van der Waals surface area contributed by atoms with Crippen molar-refractivity contribution in [1.82, 2.24) is 5.32 Å². The zero-order valence-corrected chi connectivity index (χ0v) is 14.7. The maximum absolute atomic E-state index is 4.29. The number of hydrogen-bond acceptors (Lipinski definition) is 1. The van der Waals surface area contributed by atoms with E-state index in [1.54, 1.807) is 0 Å². The second kappa shape index (κ2) is 7.53. The average molecular weight is 272 g/mol. The molecule has 108 valence electrons. The van der Waals surface area contributed by atoms with Gasteiger partial charge in [-0.3, -0.25) is 0 Å². The van der Waals surface area contributed by atoms with E-state index in [2.05, 4.69) is 52.7 Å². The van der Waals surface area contributed by atoms with Crippen LogP contribution in [-0.2, 0) is 0 Å². The Labute approximate surface area is 116 Å². The predicted molar refractivity (Wildman–Crippen MR) is 89.2 cm³/mol. The van der Waals surface area contributed by atoms with Gasteiger partial charge in [0.05, 0.1) is 6.16 Å². The highest BCUT2D eigenvalue weighted by Crippen LogP contribution is 2.57. The van der Waals surface area contributed by atoms with Gasteiger partial charge in [0.1, 0.15) is 0 Å². The van der Waals surface area contributed by atoms with Gasteiger partial charge in [0, 0.05) is 51.3 Å². The SMILES string of the molecule is C=C(NC)C(CCC)C(CC)(CC)C[P+](C)(C)C. The molecule has 0 saturated heterocycles. The molecule has 0 aromatic carbocycles. The molecule has 1 atom stereocenters. The molecular weight excluding hydrogens is 237 g/mol. The van der Waals surface area contributed by atoms with Gasteiger partial charge in [-0.05, 0) is 19.3 Å². The third kappa shape index (κ3) is 4.92. The Bertz CT molecular complexity index is 248. The van der Waals surface area contributed by atoms with Crippen molar-refractivity contribution in [2.45, 2.75) is 46.5 Å². The summed E-state index contributed by atoms with van der Waals surface area (Å²) in [5.74, 6) is 0.627. The standard InChI is InChI=1S/C16H35NP/c1-9-12-15(14(4)17-5)16(10-2,11-3)13-18(6,7)8/h15,17H,4,9-13H2,1-3,5-8H3/q+1. The number of nitrogens with one attached hydrogen (secondary N) is 1. The minimum Gasteiger partial charge on any atom is -0.392 e. The molecule has 0 bridgehead atoms. The van der Waals surface area contributed by atoms with E-state index in [1.807, 2.05) is 7.05 Å². The Hall–Kier alpha value is -0.0300. The first-order valence-electron chi connectivity index (χ1n) is 7.43. The molecule has 0 aromatic heterocycles. The zero-order chi connectivity index (χ0) is 14.4. The van der Waals surface area contributed by atoms with Gasteiger partial charge in [0.25, 0.3) is 0 Å². The first kappa shape index (κ1) is 18.0. The van der Waals surface area contributed by atoms with Crippen molar-refractivity contribution in [1.29, 1.82) is 0 Å². The van der Waals surface area contributed by atoms with Gasteiger partial charge in [-0.25, -0.2) is 0 Å². The van der Waals surface area contributed by atoms with E-state index in [0.717, 1.165) is 0 Å². The molecule has 0 radical (unpaired) electrons. The molecule has 0 spiro atoms. The van der Waals surface area contributed by atoms with Crippen LogP contribution in [0.4, 0.5) is 0 Å². The summed E-state index contributed by atoms with van der Waals surface area (Å²) in [5, 5.41) is 3.33. The summed E-state index contributed by atoms with van der Waals surface area (Å²) >= 11 is 0. The quantitative estimate of drug-likeness (QED) is 0.592. The van der Waals surface area contributed by atoms with E-state index in [9.17, 15) is 0 Å². The van der Waals surface area contributed by atoms with Gasteiger partial charge in [0.15, 0.2) is 0 Å². The summed E-state index contributed by atoms with van der Waals surface area (Å²) in [6, 6.07) is 0. The number of rotatable bonds is 9. The molecule has 0 aliphatic rings. The second-order valence-electron chi connectivity index (χ2n) is 6.63. The fourth-order valence-corrected chi connectivity index (χ4v) is 5.89. The Kier molecular flexibility index (Phi) is 7.52. The molecule has 0 aliphatic carbocycles. The fraction of sp³-hybridized carbons (Fsp3) is 0.875. The van der Waals surface area contributed by atoms with Gasteiger partial charge >= 0.3 is 0 Å². The highest BCUT2D eigenvalue weighted by molar-refractivity contribution is 7.73. The van der Waals surface area contributed by atoms with Crippen molar-refractivity contribution in [2.75, 3.05) is 33.2 Å². The van der Waals surface area contributed by atoms with Crippen LogP contribution < -0.4 is 5.32 Å². The Morgan fingerprint density at radius 2 is 1.67 bits per heavy atom. The first-order valence-corrected chi connectivity index (χ1v) is 10.7. The van der Waals surface area contributed by atoms with Crippen molar-refractivity contribution in [2.24, 2.45) is 11.3 Å². The van der Waals surface area contributed by atoms with Crippen LogP contribution in [0.3, 0.4) is 0 Å². The van der Waals surface area contributed by atoms with Gasteiger partial charge in [-0.1, -0.05) is 33.8 Å². The average Bonchev–Trinajstić information content (AvgIpc) is 2.31. The van der Waals surface area contributed by atoms with Crippen LogP contribution in [0.5, 0.6) is 0 Å². The second-order valence-corrected chi connectivity index (χ2v) is 11.5. The summed E-state index contributed by atoms with van der Waals surface area (Å²) in [6.45, 7) is 18.7. The topological polar surface area (TPSA) is 12.0 Å². The zero-order valence-electron chi connectivity index (χ0n) is 13.8. The van der Waals surface area contributed by atoms with Crippen molar-refractivity contribution in [3.8, 4) is 0 Å². The molecule has 0 heterocycles. The molecule has 0 amide bonds. The Morgan fingerprint density at radius 1 is 1.17 bits per heavy atom. The monoisotopic (exact) mass is 272 g/mol. The smallest absolute Gasteiger partial charge is 0.0648 e. The molecule has 0 aromatic rings. The summed E-state index contributed by atoms with van der Waals surface area (Å²) < 4.78 is 0. The van der Waals surface area contributed by atoms with E-state index in [1.165, 1.54) is 37.5 Å². The maximum atomic E-state index is 4.29. The van der Waals surface area contributed by atoms with Crippen LogP contribution >= 0.6 is 7.26 Å². The largest absolute Gasteiger partial charge is 0.392 e. The van der Waals surface area contributed by atoms with Crippen LogP contribution in [0, 0.1) is 11.3 Å². The van der Waals surface area contributed by atoms with Crippen LogP contribution in [0.25, 0.3) is 0 Å².